The van der Waals surface area contributed by atoms with E-state index in [0.29, 0.717) is 17.9 Å². The Labute approximate surface area is 183 Å². The number of benzene rings is 2. The molecular formula is C25H30N2O4. The Morgan fingerprint density at radius 2 is 1.77 bits per heavy atom. The van der Waals surface area contributed by atoms with Crippen molar-refractivity contribution in [3.05, 3.63) is 70.3 Å². The average molecular weight is 423 g/mol. The number of methoxy groups -OCH3 is 1. The van der Waals surface area contributed by atoms with Crippen LogP contribution in [0.3, 0.4) is 0 Å². The minimum atomic E-state index is -0.650. The van der Waals surface area contributed by atoms with Gasteiger partial charge in [0.05, 0.1) is 18.7 Å². The summed E-state index contributed by atoms with van der Waals surface area (Å²) in [5.41, 5.74) is 3.30. The first-order valence-electron chi connectivity index (χ1n) is 10.4. The van der Waals surface area contributed by atoms with E-state index in [2.05, 4.69) is 0 Å². The normalized spacial score (nSPS) is 18.1. The predicted molar refractivity (Wildman–Crippen MR) is 121 cm³/mol. The molecule has 0 aliphatic carbocycles. The molecule has 31 heavy (non-hydrogen) atoms. The molecule has 3 rings (SSSR count). The van der Waals surface area contributed by atoms with Crippen molar-refractivity contribution in [3.8, 4) is 5.75 Å². The molecule has 1 aliphatic rings. The Morgan fingerprint density at radius 1 is 1.10 bits per heavy atom. The third-order valence-electron chi connectivity index (χ3n) is 5.63. The minimum Gasteiger partial charge on any atom is -0.507 e. The number of ketones is 1. The number of ether oxygens (including phenoxy) is 1. The van der Waals surface area contributed by atoms with Gasteiger partial charge in [-0.05, 0) is 70.2 Å². The highest BCUT2D eigenvalue weighted by Gasteiger charge is 2.45. The summed E-state index contributed by atoms with van der Waals surface area (Å²) >= 11 is 0. The lowest BCUT2D eigenvalue weighted by Gasteiger charge is -2.26. The highest BCUT2D eigenvalue weighted by Crippen LogP contribution is 2.40. The molecular weight excluding hydrogens is 392 g/mol. The highest BCUT2D eigenvalue weighted by molar-refractivity contribution is 6.46. The quantitative estimate of drug-likeness (QED) is 0.419. The van der Waals surface area contributed by atoms with Crippen molar-refractivity contribution < 1.29 is 19.4 Å². The number of nitrogens with zero attached hydrogens (tertiary/aromatic N) is 2. The molecule has 0 saturated carbocycles. The fourth-order valence-corrected chi connectivity index (χ4v) is 3.94. The van der Waals surface area contributed by atoms with Gasteiger partial charge >= 0.3 is 0 Å². The van der Waals surface area contributed by atoms with Gasteiger partial charge in [0.1, 0.15) is 11.5 Å². The minimum absolute atomic E-state index is 0.131. The molecule has 0 radical (unpaired) electrons. The van der Waals surface area contributed by atoms with E-state index < -0.39 is 17.7 Å². The second kappa shape index (κ2) is 9.35. The number of carbonyl (C=O) groups is 2. The van der Waals surface area contributed by atoms with Gasteiger partial charge < -0.3 is 19.6 Å². The SMILES string of the molecule is COc1ccc(C(O)=C2C(=O)C(=O)N(CCCN(C)C)[C@H]2c2ccc(C)cc2)c(C)c1. The number of aliphatic hydroxyl groups excluding tert-OH is 1. The number of hydrogen-bond acceptors (Lipinski definition) is 5. The molecule has 0 unspecified atom stereocenters. The highest BCUT2D eigenvalue weighted by atomic mass is 16.5. The van der Waals surface area contributed by atoms with Crippen molar-refractivity contribution in [2.45, 2.75) is 26.3 Å². The third kappa shape index (κ3) is 4.64. The van der Waals surface area contributed by atoms with Crippen LogP contribution in [0, 0.1) is 13.8 Å². The molecule has 2 aromatic rings. The molecule has 1 heterocycles. The van der Waals surface area contributed by atoms with Crippen LogP contribution in [0.4, 0.5) is 0 Å². The molecule has 2 aromatic carbocycles. The zero-order valence-corrected chi connectivity index (χ0v) is 18.8. The number of carbonyl (C=O) groups excluding carboxylic acids is 2. The first-order chi connectivity index (χ1) is 14.7. The van der Waals surface area contributed by atoms with E-state index in [-0.39, 0.29) is 11.3 Å². The average Bonchev–Trinajstić information content (AvgIpc) is 2.98. The fraction of sp³-hybridized carbons (Fsp3) is 0.360. The molecule has 6 heteroatoms. The maximum absolute atomic E-state index is 13.1. The largest absolute Gasteiger partial charge is 0.507 e. The summed E-state index contributed by atoms with van der Waals surface area (Å²) in [7, 11) is 5.51. The molecule has 0 spiro atoms. The van der Waals surface area contributed by atoms with Crippen LogP contribution in [0.5, 0.6) is 5.75 Å². The molecule has 0 aromatic heterocycles. The summed E-state index contributed by atoms with van der Waals surface area (Å²) in [4.78, 5) is 29.7. The topological polar surface area (TPSA) is 70.1 Å². The van der Waals surface area contributed by atoms with Crippen molar-refractivity contribution in [1.82, 2.24) is 9.80 Å². The predicted octanol–water partition coefficient (Wildman–Crippen LogP) is 3.69. The number of aryl methyl sites for hydroxylation is 2. The van der Waals surface area contributed by atoms with Gasteiger partial charge in [-0.3, -0.25) is 9.59 Å². The van der Waals surface area contributed by atoms with Crippen molar-refractivity contribution >= 4 is 17.4 Å². The molecule has 1 fully saturated rings. The van der Waals surface area contributed by atoms with Crippen LogP contribution < -0.4 is 4.74 Å². The first-order valence-corrected chi connectivity index (χ1v) is 10.4. The van der Waals surface area contributed by atoms with Crippen LogP contribution in [0.2, 0.25) is 0 Å². The van der Waals surface area contributed by atoms with E-state index >= 15 is 0 Å². The van der Waals surface area contributed by atoms with Crippen molar-refractivity contribution in [1.29, 1.82) is 0 Å². The molecule has 1 aliphatic heterocycles. The first kappa shape index (κ1) is 22.6. The van der Waals surface area contributed by atoms with E-state index in [1.165, 1.54) is 0 Å². The van der Waals surface area contributed by atoms with Gasteiger partial charge in [-0.1, -0.05) is 29.8 Å². The maximum atomic E-state index is 13.1. The third-order valence-corrected chi connectivity index (χ3v) is 5.63. The zero-order valence-electron chi connectivity index (χ0n) is 18.8. The Morgan fingerprint density at radius 3 is 2.35 bits per heavy atom. The Bertz CT molecular complexity index is 1010. The van der Waals surface area contributed by atoms with E-state index in [4.69, 9.17) is 4.74 Å². The summed E-state index contributed by atoms with van der Waals surface area (Å²) in [5, 5.41) is 11.2. The molecule has 0 bridgehead atoms. The van der Waals surface area contributed by atoms with Crippen LogP contribution in [0.15, 0.2) is 48.0 Å². The van der Waals surface area contributed by atoms with Crippen molar-refractivity contribution in [3.63, 3.8) is 0 Å². The Hall–Kier alpha value is -3.12. The lowest BCUT2D eigenvalue weighted by Crippen LogP contribution is -2.32. The van der Waals surface area contributed by atoms with Gasteiger partial charge in [-0.2, -0.15) is 0 Å². The van der Waals surface area contributed by atoms with Gasteiger partial charge in [0.2, 0.25) is 0 Å². The molecule has 1 amide bonds. The summed E-state index contributed by atoms with van der Waals surface area (Å²) in [6.45, 7) is 5.05. The standard InChI is InChI=1S/C25H30N2O4/c1-16-7-9-18(10-8-16)22-21(23(28)20-12-11-19(31-5)15-17(20)2)24(29)25(30)27(22)14-6-13-26(3)4/h7-12,15,22,28H,6,13-14H2,1-5H3/t22-/m0/s1. The van der Waals surface area contributed by atoms with E-state index in [9.17, 15) is 14.7 Å². The second-order valence-electron chi connectivity index (χ2n) is 8.24. The van der Waals surface area contributed by atoms with E-state index in [1.807, 2.05) is 57.1 Å². The van der Waals surface area contributed by atoms with Gasteiger partial charge in [0, 0.05) is 12.1 Å². The maximum Gasteiger partial charge on any atom is 0.295 e. The van der Waals surface area contributed by atoms with Gasteiger partial charge in [0.25, 0.3) is 11.7 Å². The van der Waals surface area contributed by atoms with Gasteiger partial charge in [-0.25, -0.2) is 0 Å². The smallest absolute Gasteiger partial charge is 0.295 e. The van der Waals surface area contributed by atoms with Crippen LogP contribution in [-0.4, -0.2) is 60.9 Å². The fourth-order valence-electron chi connectivity index (χ4n) is 3.94. The summed E-state index contributed by atoms with van der Waals surface area (Å²) in [5.74, 6) is -0.715. The van der Waals surface area contributed by atoms with Crippen LogP contribution >= 0.6 is 0 Å². The van der Waals surface area contributed by atoms with Gasteiger partial charge in [-0.15, -0.1) is 0 Å². The van der Waals surface area contributed by atoms with Crippen molar-refractivity contribution in [2.75, 3.05) is 34.3 Å². The summed E-state index contributed by atoms with van der Waals surface area (Å²) < 4.78 is 5.24. The molecule has 6 nitrogen and oxygen atoms in total. The number of amides is 1. The monoisotopic (exact) mass is 422 g/mol. The molecule has 1 atom stereocenters. The summed E-state index contributed by atoms with van der Waals surface area (Å²) in [6.07, 6.45) is 0.726. The Balaban J connectivity index is 2.11. The van der Waals surface area contributed by atoms with Crippen LogP contribution in [-0.2, 0) is 9.59 Å². The second-order valence-corrected chi connectivity index (χ2v) is 8.24. The summed E-state index contributed by atoms with van der Waals surface area (Å²) in [6, 6.07) is 12.4. The molecule has 164 valence electrons. The number of hydrogen-bond donors (Lipinski definition) is 1. The van der Waals surface area contributed by atoms with E-state index in [0.717, 1.165) is 29.7 Å². The lowest BCUT2D eigenvalue weighted by atomic mass is 9.93. The van der Waals surface area contributed by atoms with E-state index in [1.54, 1.807) is 30.2 Å². The number of likely N-dealkylation sites (tertiary alicyclic amines) is 1. The molecule has 1 saturated heterocycles. The van der Waals surface area contributed by atoms with Crippen LogP contribution in [0.1, 0.15) is 34.7 Å². The number of aliphatic hydroxyl groups is 1. The Kier molecular flexibility index (Phi) is 6.81. The van der Waals surface area contributed by atoms with Gasteiger partial charge in [0.15, 0.2) is 0 Å². The number of Topliss-reactive ketones (excluding diaryl/α,β-unsaturated/α-hetero) is 1. The zero-order chi connectivity index (χ0) is 22.7. The van der Waals surface area contributed by atoms with Crippen molar-refractivity contribution in [2.24, 2.45) is 0 Å². The number of rotatable bonds is 7. The van der Waals surface area contributed by atoms with Crippen LogP contribution in [0.25, 0.3) is 5.76 Å². The lowest BCUT2D eigenvalue weighted by molar-refractivity contribution is -0.139. The molecule has 1 N–H and O–H groups in total.